The maximum absolute atomic E-state index is 13.4. The molecule has 468 valence electrons. The average Bonchev–Trinajstić information content (AvgIpc) is 3.40. The lowest BCUT2D eigenvalue weighted by Crippen LogP contribution is -2.47. The first-order valence-electron chi connectivity index (χ1n) is 31.3. The first-order valence-corrected chi connectivity index (χ1v) is 31.7. The van der Waals surface area contributed by atoms with E-state index >= 15 is 0 Å². The first-order chi connectivity index (χ1) is 40.5. The second-order valence-corrected chi connectivity index (χ2v) is 27.7. The van der Waals surface area contributed by atoms with E-state index in [1.165, 1.54) is 35.1 Å². The molecule has 13 nitrogen and oxygen atoms in total. The smallest absolute Gasteiger partial charge is 0.410 e. The minimum Gasteiger partial charge on any atom is -0.456 e. The van der Waals surface area contributed by atoms with Crippen LogP contribution in [-0.4, -0.2) is 92.3 Å². The van der Waals surface area contributed by atoms with Crippen LogP contribution in [0.3, 0.4) is 0 Å². The van der Waals surface area contributed by atoms with Crippen LogP contribution >= 0.6 is 11.8 Å². The molecule has 86 heavy (non-hydrogen) atoms. The van der Waals surface area contributed by atoms with E-state index in [0.29, 0.717) is 79.9 Å². The zero-order valence-electron chi connectivity index (χ0n) is 53.9. The summed E-state index contributed by atoms with van der Waals surface area (Å²) in [6, 6.07) is 37.1. The molecule has 0 unspecified atom stereocenters. The van der Waals surface area contributed by atoms with Crippen LogP contribution in [0.5, 0.6) is 0 Å². The van der Waals surface area contributed by atoms with Crippen molar-refractivity contribution < 1.29 is 42.9 Å². The predicted octanol–water partition coefficient (Wildman–Crippen LogP) is 16.7. The summed E-state index contributed by atoms with van der Waals surface area (Å²) in [5.74, 6) is 0.789. The summed E-state index contributed by atoms with van der Waals surface area (Å²) in [6.07, 6.45) is 14.8. The van der Waals surface area contributed by atoms with Crippen LogP contribution in [0.4, 0.5) is 9.59 Å². The lowest BCUT2D eigenvalue weighted by Gasteiger charge is -2.38. The standard InChI is InChI=1S/C36H50N2O4.C23H33NO5.C13H16ClN/c1-8-27(22-25-12-10-9-11-13-25)31-23-32(31)37-29-18-20-30(21-19-29)38(34(40)42-36(5,6)7)24-26-14-16-28(17-15-26)33(39)41-35(2,3)4;1-22(2,3)28-20(26)17-9-7-16(8-10-17)15-24(21(27)29-23(4,5)6)18-11-13-19(25)14-12-18;1-2-11(12-9-13(12)15-14)8-10-6-4-3-5-7-10/h9-17,22,29-32,37H,8,18-21,23-24H2,1-7H3;7-10,18H,11-15H2,1-6H3;3-8,12-13,15H,2,9H2,1H3/b27-22+;;11-8+/t29?,30?,31-,32+;;12-,13+/m0.0/s1. The van der Waals surface area contributed by atoms with E-state index in [4.69, 9.17) is 30.7 Å². The molecule has 4 aromatic carbocycles. The van der Waals surface area contributed by atoms with E-state index < -0.39 is 22.4 Å². The van der Waals surface area contributed by atoms with Crippen LogP contribution < -0.4 is 10.2 Å². The first kappa shape index (κ1) is 68.8. The third kappa shape index (κ3) is 23.4. The number of rotatable bonds is 17. The molecule has 4 saturated carbocycles. The fourth-order valence-electron chi connectivity index (χ4n) is 11.0. The number of amides is 2. The molecule has 4 atom stereocenters. The van der Waals surface area contributed by atoms with E-state index in [-0.39, 0.29) is 42.0 Å². The lowest BCUT2D eigenvalue weighted by atomic mass is 9.89. The van der Waals surface area contributed by atoms with Gasteiger partial charge in [0.25, 0.3) is 0 Å². The number of benzene rings is 4. The van der Waals surface area contributed by atoms with Crippen LogP contribution in [-0.2, 0) is 36.8 Å². The molecule has 0 aromatic heterocycles. The summed E-state index contributed by atoms with van der Waals surface area (Å²) in [6.45, 7) is 27.5. The minimum atomic E-state index is -0.597. The van der Waals surface area contributed by atoms with Crippen LogP contribution in [0.15, 0.2) is 120 Å². The molecule has 0 bridgehead atoms. The monoisotopic (exact) mass is 1200 g/mol. The van der Waals surface area contributed by atoms with Crippen molar-refractivity contribution in [3.05, 3.63) is 154 Å². The van der Waals surface area contributed by atoms with Gasteiger partial charge < -0.3 is 34.1 Å². The Balaban J connectivity index is 0.000000231. The Kier molecular flexibility index (Phi) is 24.9. The molecular weight excluding hydrogens is 1100 g/mol. The van der Waals surface area contributed by atoms with Gasteiger partial charge in [0.2, 0.25) is 0 Å². The summed E-state index contributed by atoms with van der Waals surface area (Å²) in [4.78, 5) is 68.9. The van der Waals surface area contributed by atoms with E-state index in [1.807, 2.05) is 118 Å². The van der Waals surface area contributed by atoms with Crippen LogP contribution in [0, 0.1) is 11.8 Å². The van der Waals surface area contributed by atoms with Crippen molar-refractivity contribution in [1.82, 2.24) is 20.0 Å². The number of nitrogens with zero attached hydrogens (tertiary/aromatic N) is 2. The number of hydrogen-bond acceptors (Lipinski definition) is 11. The van der Waals surface area contributed by atoms with Gasteiger partial charge in [0.05, 0.1) is 11.1 Å². The van der Waals surface area contributed by atoms with Crippen molar-refractivity contribution in [1.29, 1.82) is 0 Å². The number of Topliss-reactive ketones (excluding diaryl/α,β-unsaturated/α-hetero) is 1. The van der Waals surface area contributed by atoms with Crippen molar-refractivity contribution in [2.45, 2.75) is 240 Å². The number of hydrogen-bond donors (Lipinski definition) is 2. The molecule has 4 fully saturated rings. The number of nitrogens with one attached hydrogen (secondary N) is 2. The van der Waals surface area contributed by atoms with Gasteiger partial charge in [0.1, 0.15) is 28.2 Å². The molecule has 0 radical (unpaired) electrons. The second kappa shape index (κ2) is 31.1. The van der Waals surface area contributed by atoms with Gasteiger partial charge in [-0.25, -0.2) is 24.0 Å². The second-order valence-electron chi connectivity index (χ2n) is 27.5. The summed E-state index contributed by atoms with van der Waals surface area (Å²) in [7, 11) is 0. The maximum Gasteiger partial charge on any atom is 0.410 e. The molecule has 2 N–H and O–H groups in total. The van der Waals surface area contributed by atoms with Gasteiger partial charge in [-0.3, -0.25) is 4.79 Å². The lowest BCUT2D eigenvalue weighted by molar-refractivity contribution is -0.121. The third-order valence-electron chi connectivity index (χ3n) is 15.5. The van der Waals surface area contributed by atoms with E-state index in [0.717, 1.165) is 49.7 Å². The zero-order valence-corrected chi connectivity index (χ0v) is 54.7. The van der Waals surface area contributed by atoms with Crippen molar-refractivity contribution in [2.75, 3.05) is 0 Å². The molecular formula is C72H99ClN4O9. The number of carbonyl (C=O) groups is 5. The molecule has 2 amide bonds. The summed E-state index contributed by atoms with van der Waals surface area (Å²) < 4.78 is 22.3. The van der Waals surface area contributed by atoms with Crippen molar-refractivity contribution >= 4 is 53.8 Å². The molecule has 4 aromatic rings. The van der Waals surface area contributed by atoms with Crippen LogP contribution in [0.1, 0.15) is 217 Å². The van der Waals surface area contributed by atoms with Crippen molar-refractivity contribution in [2.24, 2.45) is 11.8 Å². The average molecular weight is 1200 g/mol. The topological polar surface area (TPSA) is 153 Å². The Morgan fingerprint density at radius 1 is 0.500 bits per heavy atom. The number of halogens is 1. The largest absolute Gasteiger partial charge is 0.456 e. The Morgan fingerprint density at radius 3 is 1.21 bits per heavy atom. The van der Waals surface area contributed by atoms with Gasteiger partial charge in [-0.2, -0.15) is 0 Å². The van der Waals surface area contributed by atoms with Gasteiger partial charge >= 0.3 is 24.1 Å². The number of esters is 2. The van der Waals surface area contributed by atoms with Gasteiger partial charge in [0.15, 0.2) is 0 Å². The zero-order chi connectivity index (χ0) is 63.0. The van der Waals surface area contributed by atoms with E-state index in [9.17, 15) is 24.0 Å². The molecule has 0 spiro atoms. The molecule has 0 saturated heterocycles. The number of ether oxygens (including phenoxy) is 4. The molecule has 0 heterocycles. The highest BCUT2D eigenvalue weighted by molar-refractivity contribution is 6.13. The fourth-order valence-corrected chi connectivity index (χ4v) is 11.2. The predicted molar refractivity (Wildman–Crippen MR) is 345 cm³/mol. The fraction of sp³-hybridized carbons (Fsp3) is 0.542. The highest BCUT2D eigenvalue weighted by Gasteiger charge is 2.42. The SMILES string of the molecule is CC(C)(C)OC(=O)c1ccc(CN(C(=O)OC(C)(C)C)C2CCC(=O)CC2)cc1.CC/C(=C\c1ccccc1)[C@@H]1C[C@H]1NC1CCC(N(Cc2ccc(C(=O)OC(C)(C)C)cc2)C(=O)OC(C)(C)C)CC1.CC/C(=C\c1ccccc1)[C@@H]1C[C@H]1NCl. The minimum absolute atomic E-state index is 0.0342. The Labute approximate surface area is 519 Å². The normalized spacial score (nSPS) is 20.8. The van der Waals surface area contributed by atoms with Crippen molar-refractivity contribution in [3.63, 3.8) is 0 Å². The van der Waals surface area contributed by atoms with Gasteiger partial charge in [-0.1, -0.05) is 122 Å². The molecule has 0 aliphatic heterocycles. The van der Waals surface area contributed by atoms with Gasteiger partial charge in [0, 0.05) is 56.1 Å². The third-order valence-corrected chi connectivity index (χ3v) is 15.8. The molecule has 4 aliphatic rings. The van der Waals surface area contributed by atoms with Gasteiger partial charge in [-0.15, -0.1) is 0 Å². The maximum atomic E-state index is 13.4. The Morgan fingerprint density at radius 2 is 0.860 bits per heavy atom. The van der Waals surface area contributed by atoms with Crippen molar-refractivity contribution in [3.8, 4) is 0 Å². The number of ketones is 1. The van der Waals surface area contributed by atoms with Crippen LogP contribution in [0.2, 0.25) is 0 Å². The molecule has 14 heteroatoms. The summed E-state index contributed by atoms with van der Waals surface area (Å²) in [5.41, 5.74) is 6.16. The Bertz CT molecular complexity index is 2880. The molecule has 8 rings (SSSR count). The highest BCUT2D eigenvalue weighted by Crippen LogP contribution is 2.42. The number of carbonyl (C=O) groups excluding carboxylic acids is 5. The van der Waals surface area contributed by atoms with E-state index in [1.54, 1.807) is 29.2 Å². The summed E-state index contributed by atoms with van der Waals surface area (Å²) in [5, 5.41) is 3.93. The van der Waals surface area contributed by atoms with E-state index in [2.05, 4.69) is 90.7 Å². The summed E-state index contributed by atoms with van der Waals surface area (Å²) >= 11 is 5.62. The molecule has 4 aliphatic carbocycles. The van der Waals surface area contributed by atoms with Gasteiger partial charge in [-0.05, 0) is 217 Å². The Hall–Kier alpha value is -6.28. The highest BCUT2D eigenvalue weighted by atomic mass is 35.5. The van der Waals surface area contributed by atoms with Crippen LogP contribution in [0.25, 0.3) is 12.2 Å². The quantitative estimate of drug-likeness (QED) is 0.0590.